The van der Waals surface area contributed by atoms with Gasteiger partial charge in [-0.25, -0.2) is 4.39 Å². The van der Waals surface area contributed by atoms with E-state index in [1.165, 1.54) is 6.07 Å². The van der Waals surface area contributed by atoms with Crippen molar-refractivity contribution < 1.29 is 9.18 Å². The van der Waals surface area contributed by atoms with Crippen molar-refractivity contribution >= 4 is 21.8 Å². The van der Waals surface area contributed by atoms with Gasteiger partial charge in [0.1, 0.15) is 11.5 Å². The van der Waals surface area contributed by atoms with Crippen LogP contribution in [0.2, 0.25) is 0 Å². The summed E-state index contributed by atoms with van der Waals surface area (Å²) in [6.07, 6.45) is 1.56. The molecule has 5 heteroatoms. The quantitative estimate of drug-likeness (QED) is 0.940. The first kappa shape index (κ1) is 13.7. The molecule has 1 amide bonds. The molecule has 0 fully saturated rings. The van der Waals surface area contributed by atoms with Crippen LogP contribution in [0.1, 0.15) is 29.0 Å². The van der Waals surface area contributed by atoms with Crippen molar-refractivity contribution in [3.05, 3.63) is 64.1 Å². The lowest BCUT2D eigenvalue weighted by Crippen LogP contribution is -2.27. The summed E-state index contributed by atoms with van der Waals surface area (Å²) in [6, 6.07) is 9.57. The molecule has 1 aromatic carbocycles. The molecule has 1 N–H and O–H groups in total. The van der Waals surface area contributed by atoms with E-state index in [0.717, 1.165) is 5.56 Å². The molecule has 0 bridgehead atoms. The van der Waals surface area contributed by atoms with Gasteiger partial charge in [-0.3, -0.25) is 9.78 Å². The van der Waals surface area contributed by atoms with Crippen LogP contribution in [0.25, 0.3) is 0 Å². The Morgan fingerprint density at radius 2 is 2.16 bits per heavy atom. The van der Waals surface area contributed by atoms with Crippen LogP contribution in [-0.4, -0.2) is 10.9 Å². The Morgan fingerprint density at radius 1 is 1.37 bits per heavy atom. The number of carbonyl (C=O) groups excluding carboxylic acids is 1. The van der Waals surface area contributed by atoms with Crippen LogP contribution in [0.4, 0.5) is 4.39 Å². The van der Waals surface area contributed by atoms with Crippen LogP contribution >= 0.6 is 15.9 Å². The van der Waals surface area contributed by atoms with Crippen LogP contribution in [0.3, 0.4) is 0 Å². The molecule has 0 aliphatic carbocycles. The zero-order valence-electron chi connectivity index (χ0n) is 10.2. The number of halogens is 2. The third-order valence-electron chi connectivity index (χ3n) is 2.69. The minimum atomic E-state index is -0.327. The van der Waals surface area contributed by atoms with Crippen LogP contribution in [0.5, 0.6) is 0 Å². The summed E-state index contributed by atoms with van der Waals surface area (Å²) in [5.41, 5.74) is 1.17. The van der Waals surface area contributed by atoms with Crippen molar-refractivity contribution in [2.45, 2.75) is 13.0 Å². The van der Waals surface area contributed by atoms with E-state index < -0.39 is 0 Å². The predicted octanol–water partition coefficient (Wildman–Crippen LogP) is 3.47. The number of amides is 1. The lowest BCUT2D eigenvalue weighted by Gasteiger charge is -2.14. The van der Waals surface area contributed by atoms with Gasteiger partial charge in [-0.15, -0.1) is 0 Å². The largest absolute Gasteiger partial charge is 0.344 e. The van der Waals surface area contributed by atoms with Crippen molar-refractivity contribution in [2.24, 2.45) is 0 Å². The maximum atomic E-state index is 13.1. The molecule has 0 aliphatic heterocycles. The van der Waals surface area contributed by atoms with E-state index in [9.17, 15) is 9.18 Å². The van der Waals surface area contributed by atoms with E-state index in [-0.39, 0.29) is 17.8 Å². The lowest BCUT2D eigenvalue weighted by atomic mass is 10.1. The highest BCUT2D eigenvalue weighted by molar-refractivity contribution is 9.10. The molecule has 0 saturated heterocycles. The highest BCUT2D eigenvalue weighted by Crippen LogP contribution is 2.21. The zero-order chi connectivity index (χ0) is 13.8. The van der Waals surface area contributed by atoms with Crippen LogP contribution < -0.4 is 5.32 Å². The predicted molar refractivity (Wildman–Crippen MR) is 74.2 cm³/mol. The molecule has 0 spiro atoms. The molecule has 0 aliphatic rings. The van der Waals surface area contributed by atoms with Gasteiger partial charge in [-0.2, -0.15) is 0 Å². The summed E-state index contributed by atoms with van der Waals surface area (Å²) in [4.78, 5) is 15.9. The molecule has 2 aromatic rings. The molecule has 1 atom stereocenters. The van der Waals surface area contributed by atoms with E-state index in [0.29, 0.717) is 10.2 Å². The second-order valence-corrected chi connectivity index (χ2v) is 4.94. The molecule has 0 radical (unpaired) electrons. The molecule has 1 aromatic heterocycles. The number of nitrogens with one attached hydrogen (secondary N) is 1. The number of hydrogen-bond donors (Lipinski definition) is 1. The SMILES string of the molecule is CC(NC(=O)c1ccccn1)c1ccc(F)c(Br)c1. The van der Waals surface area contributed by atoms with Gasteiger partial charge in [-0.05, 0) is 52.7 Å². The van der Waals surface area contributed by atoms with Gasteiger partial charge in [0.05, 0.1) is 10.5 Å². The van der Waals surface area contributed by atoms with Gasteiger partial charge in [0.2, 0.25) is 0 Å². The number of pyridine rings is 1. The summed E-state index contributed by atoms with van der Waals surface area (Å²) in [7, 11) is 0. The summed E-state index contributed by atoms with van der Waals surface area (Å²) >= 11 is 3.13. The highest BCUT2D eigenvalue weighted by atomic mass is 79.9. The van der Waals surface area contributed by atoms with Crippen LogP contribution in [0, 0.1) is 5.82 Å². The van der Waals surface area contributed by atoms with Crippen LogP contribution in [-0.2, 0) is 0 Å². The molecule has 0 saturated carbocycles. The fraction of sp³-hybridized carbons (Fsp3) is 0.143. The van der Waals surface area contributed by atoms with E-state index in [2.05, 4.69) is 26.2 Å². The standard InChI is InChI=1S/C14H12BrFN2O/c1-9(10-5-6-12(16)11(15)8-10)18-14(19)13-4-2-3-7-17-13/h2-9H,1H3,(H,18,19). The van der Waals surface area contributed by atoms with Crippen molar-refractivity contribution in [3.63, 3.8) is 0 Å². The zero-order valence-corrected chi connectivity index (χ0v) is 11.8. The second kappa shape index (κ2) is 5.93. The Morgan fingerprint density at radius 3 is 2.79 bits per heavy atom. The topological polar surface area (TPSA) is 42.0 Å². The lowest BCUT2D eigenvalue weighted by molar-refractivity contribution is 0.0935. The Kier molecular flexibility index (Phi) is 4.27. The number of nitrogens with zero attached hydrogens (tertiary/aromatic N) is 1. The summed E-state index contributed by atoms with van der Waals surface area (Å²) in [5.74, 6) is -0.583. The van der Waals surface area contributed by atoms with E-state index in [1.54, 1.807) is 36.5 Å². The fourth-order valence-electron chi connectivity index (χ4n) is 1.63. The Hall–Kier alpha value is -1.75. The minimum absolute atomic E-state index is 0.230. The Balaban J connectivity index is 2.10. The summed E-state index contributed by atoms with van der Waals surface area (Å²) in [6.45, 7) is 1.83. The smallest absolute Gasteiger partial charge is 0.270 e. The van der Waals surface area contributed by atoms with Crippen molar-refractivity contribution in [1.29, 1.82) is 0 Å². The summed E-state index contributed by atoms with van der Waals surface area (Å²) < 4.78 is 13.5. The molecule has 98 valence electrons. The summed E-state index contributed by atoms with van der Waals surface area (Å²) in [5, 5.41) is 2.81. The van der Waals surface area contributed by atoms with Gasteiger partial charge in [0.25, 0.3) is 5.91 Å². The first-order valence-corrected chi connectivity index (χ1v) is 6.54. The van der Waals surface area contributed by atoms with Gasteiger partial charge in [-0.1, -0.05) is 12.1 Å². The Bertz CT molecular complexity index is 589. The molecule has 19 heavy (non-hydrogen) atoms. The number of benzene rings is 1. The average Bonchev–Trinajstić information content (AvgIpc) is 2.42. The molecule has 1 unspecified atom stereocenters. The van der Waals surface area contributed by atoms with Crippen LogP contribution in [0.15, 0.2) is 47.1 Å². The van der Waals surface area contributed by atoms with Gasteiger partial charge >= 0.3 is 0 Å². The minimum Gasteiger partial charge on any atom is -0.344 e. The molecular formula is C14H12BrFN2O. The van der Waals surface area contributed by atoms with E-state index >= 15 is 0 Å². The maximum Gasteiger partial charge on any atom is 0.270 e. The number of hydrogen-bond acceptors (Lipinski definition) is 2. The van der Waals surface area contributed by atoms with E-state index in [1.807, 2.05) is 6.92 Å². The van der Waals surface area contributed by atoms with Crippen molar-refractivity contribution in [2.75, 3.05) is 0 Å². The first-order chi connectivity index (χ1) is 9.08. The fourth-order valence-corrected chi connectivity index (χ4v) is 2.03. The Labute approximate surface area is 119 Å². The average molecular weight is 323 g/mol. The van der Waals surface area contributed by atoms with E-state index in [4.69, 9.17) is 0 Å². The second-order valence-electron chi connectivity index (χ2n) is 4.08. The maximum absolute atomic E-state index is 13.1. The number of aromatic nitrogens is 1. The van der Waals surface area contributed by atoms with Crippen molar-refractivity contribution in [1.82, 2.24) is 10.3 Å². The third-order valence-corrected chi connectivity index (χ3v) is 3.30. The molecule has 3 nitrogen and oxygen atoms in total. The monoisotopic (exact) mass is 322 g/mol. The van der Waals surface area contributed by atoms with Gasteiger partial charge in [0.15, 0.2) is 0 Å². The number of carbonyl (C=O) groups is 1. The molecule has 1 heterocycles. The van der Waals surface area contributed by atoms with Crippen molar-refractivity contribution in [3.8, 4) is 0 Å². The first-order valence-electron chi connectivity index (χ1n) is 5.75. The van der Waals surface area contributed by atoms with Gasteiger partial charge < -0.3 is 5.32 Å². The normalized spacial score (nSPS) is 11.9. The van der Waals surface area contributed by atoms with Gasteiger partial charge in [0, 0.05) is 6.20 Å². The highest BCUT2D eigenvalue weighted by Gasteiger charge is 2.13. The molecular weight excluding hydrogens is 311 g/mol. The molecule has 2 rings (SSSR count). The number of rotatable bonds is 3. The third kappa shape index (κ3) is 3.38.